The van der Waals surface area contributed by atoms with E-state index in [2.05, 4.69) is 52.1 Å². The molecule has 0 aliphatic heterocycles. The van der Waals surface area contributed by atoms with Crippen molar-refractivity contribution in [2.24, 2.45) is 11.3 Å². The molecule has 0 saturated heterocycles. The molecule has 1 aromatic rings. The minimum atomic E-state index is 0.326. The van der Waals surface area contributed by atoms with Crippen molar-refractivity contribution in [3.8, 4) is 0 Å². The van der Waals surface area contributed by atoms with Crippen molar-refractivity contribution in [1.82, 2.24) is 0 Å². The zero-order chi connectivity index (χ0) is 12.3. The maximum atomic E-state index is 5.95. The fourth-order valence-electron chi connectivity index (χ4n) is 1.41. The largest absolute Gasteiger partial charge is 0.397 e. The Kier molecular flexibility index (Phi) is 3.84. The summed E-state index contributed by atoms with van der Waals surface area (Å²) in [6.45, 7) is 12.1. The molecule has 0 radical (unpaired) electrons. The Morgan fingerprint density at radius 1 is 1.31 bits per heavy atom. The molecule has 0 amide bonds. The average Bonchev–Trinajstić information content (AvgIpc) is 2.14. The maximum absolute atomic E-state index is 5.95. The topological polar surface area (TPSA) is 38.0 Å². The van der Waals surface area contributed by atoms with Crippen molar-refractivity contribution in [1.29, 1.82) is 0 Å². The van der Waals surface area contributed by atoms with E-state index in [1.54, 1.807) is 0 Å². The van der Waals surface area contributed by atoms with Gasteiger partial charge in [-0.15, -0.1) is 0 Å². The molecule has 1 aromatic carbocycles. The molecule has 2 nitrogen and oxygen atoms in total. The Morgan fingerprint density at radius 2 is 1.94 bits per heavy atom. The summed E-state index contributed by atoms with van der Waals surface area (Å²) in [6, 6.07) is 6.14. The van der Waals surface area contributed by atoms with E-state index >= 15 is 0 Å². The van der Waals surface area contributed by atoms with Gasteiger partial charge in [0, 0.05) is 6.54 Å². The van der Waals surface area contributed by atoms with Gasteiger partial charge in [-0.25, -0.2) is 0 Å². The van der Waals surface area contributed by atoms with Gasteiger partial charge in [0.15, 0.2) is 0 Å². The quantitative estimate of drug-likeness (QED) is 0.763. The van der Waals surface area contributed by atoms with E-state index in [-0.39, 0.29) is 0 Å². The lowest BCUT2D eigenvalue weighted by Crippen LogP contribution is -2.25. The van der Waals surface area contributed by atoms with Gasteiger partial charge in [0.05, 0.1) is 11.4 Å². The van der Waals surface area contributed by atoms with Gasteiger partial charge >= 0.3 is 0 Å². The molecule has 1 unspecified atom stereocenters. The van der Waals surface area contributed by atoms with Crippen LogP contribution in [-0.4, -0.2) is 6.54 Å². The molecule has 1 rings (SSSR count). The highest BCUT2D eigenvalue weighted by atomic mass is 14.9. The van der Waals surface area contributed by atoms with Crippen molar-refractivity contribution in [2.45, 2.75) is 34.6 Å². The smallest absolute Gasteiger partial charge is 0.0574 e. The number of aryl methyl sites for hydroxylation is 1. The fourth-order valence-corrected chi connectivity index (χ4v) is 1.41. The highest BCUT2D eigenvalue weighted by molar-refractivity contribution is 5.66. The summed E-state index contributed by atoms with van der Waals surface area (Å²) in [5.41, 5.74) is 9.36. The second kappa shape index (κ2) is 4.77. The Labute approximate surface area is 99.2 Å². The number of benzene rings is 1. The zero-order valence-corrected chi connectivity index (χ0v) is 11.1. The predicted octanol–water partition coefficient (Wildman–Crippen LogP) is 3.67. The first kappa shape index (κ1) is 12.9. The van der Waals surface area contributed by atoms with Crippen LogP contribution in [0, 0.1) is 18.3 Å². The van der Waals surface area contributed by atoms with Gasteiger partial charge < -0.3 is 11.1 Å². The van der Waals surface area contributed by atoms with Crippen LogP contribution in [0.3, 0.4) is 0 Å². The number of nitrogen functional groups attached to an aromatic ring is 1. The lowest BCUT2D eigenvalue weighted by Gasteiger charge is -2.28. The van der Waals surface area contributed by atoms with Gasteiger partial charge in [-0.3, -0.25) is 0 Å². The molecule has 0 heterocycles. The third-order valence-electron chi connectivity index (χ3n) is 3.28. The van der Waals surface area contributed by atoms with Crippen molar-refractivity contribution in [3.63, 3.8) is 0 Å². The summed E-state index contributed by atoms with van der Waals surface area (Å²) in [5.74, 6) is 0.605. The van der Waals surface area contributed by atoms with Crippen LogP contribution in [0.1, 0.15) is 33.3 Å². The van der Waals surface area contributed by atoms with Crippen LogP contribution in [0.5, 0.6) is 0 Å². The van der Waals surface area contributed by atoms with Gasteiger partial charge in [-0.2, -0.15) is 0 Å². The average molecular weight is 220 g/mol. The van der Waals surface area contributed by atoms with E-state index in [4.69, 9.17) is 5.73 Å². The van der Waals surface area contributed by atoms with Crippen LogP contribution in [0.4, 0.5) is 11.4 Å². The number of hydrogen-bond donors (Lipinski definition) is 2. The second-order valence-corrected chi connectivity index (χ2v) is 5.74. The number of nitrogens with one attached hydrogen (secondary N) is 1. The van der Waals surface area contributed by atoms with Crippen LogP contribution < -0.4 is 11.1 Å². The first-order chi connectivity index (χ1) is 7.30. The predicted molar refractivity (Wildman–Crippen MR) is 72.7 cm³/mol. The summed E-state index contributed by atoms with van der Waals surface area (Å²) in [4.78, 5) is 0. The zero-order valence-electron chi connectivity index (χ0n) is 11.1. The van der Waals surface area contributed by atoms with Gasteiger partial charge in [-0.05, 0) is 36.0 Å². The monoisotopic (exact) mass is 220 g/mol. The van der Waals surface area contributed by atoms with Gasteiger partial charge in [0.2, 0.25) is 0 Å². The molecule has 3 N–H and O–H groups in total. The first-order valence-electron chi connectivity index (χ1n) is 5.90. The molecule has 1 atom stereocenters. The Bertz CT molecular complexity index is 350. The molecule has 90 valence electrons. The van der Waals surface area contributed by atoms with Crippen LogP contribution in [0.25, 0.3) is 0 Å². The van der Waals surface area contributed by atoms with Gasteiger partial charge in [0.25, 0.3) is 0 Å². The fraction of sp³-hybridized carbons (Fsp3) is 0.571. The molecular weight excluding hydrogens is 196 g/mol. The van der Waals surface area contributed by atoms with E-state index in [0.717, 1.165) is 17.9 Å². The molecular formula is C14H24N2. The number of rotatable bonds is 3. The number of nitrogens with two attached hydrogens (primary N) is 1. The summed E-state index contributed by atoms with van der Waals surface area (Å²) >= 11 is 0. The lowest BCUT2D eigenvalue weighted by atomic mass is 9.82. The van der Waals surface area contributed by atoms with Gasteiger partial charge in [0.1, 0.15) is 0 Å². The van der Waals surface area contributed by atoms with Crippen LogP contribution in [0.15, 0.2) is 18.2 Å². The van der Waals surface area contributed by atoms with Crippen molar-refractivity contribution < 1.29 is 0 Å². The SMILES string of the molecule is Cc1ccc(NCC(C)C(C)(C)C)c(N)c1. The summed E-state index contributed by atoms with van der Waals surface area (Å²) in [7, 11) is 0. The Morgan fingerprint density at radius 3 is 2.44 bits per heavy atom. The molecule has 0 bridgehead atoms. The number of anilines is 2. The van der Waals surface area contributed by atoms with Gasteiger partial charge in [-0.1, -0.05) is 33.8 Å². The summed E-state index contributed by atoms with van der Waals surface area (Å²) < 4.78 is 0. The second-order valence-electron chi connectivity index (χ2n) is 5.74. The highest BCUT2D eigenvalue weighted by Crippen LogP contribution is 2.26. The molecule has 0 spiro atoms. The molecule has 2 heteroatoms. The third kappa shape index (κ3) is 3.44. The van der Waals surface area contributed by atoms with Crippen LogP contribution in [0.2, 0.25) is 0 Å². The lowest BCUT2D eigenvalue weighted by molar-refractivity contribution is 0.274. The van der Waals surface area contributed by atoms with E-state index in [0.29, 0.717) is 11.3 Å². The van der Waals surface area contributed by atoms with Crippen LogP contribution >= 0.6 is 0 Å². The Hall–Kier alpha value is -1.18. The van der Waals surface area contributed by atoms with Crippen molar-refractivity contribution in [2.75, 3.05) is 17.6 Å². The molecule has 0 aliphatic rings. The minimum Gasteiger partial charge on any atom is -0.397 e. The normalized spacial score (nSPS) is 13.6. The minimum absolute atomic E-state index is 0.326. The Balaban J connectivity index is 2.62. The molecule has 0 aromatic heterocycles. The standard InChI is InChI=1S/C14H24N2/c1-10-6-7-13(12(15)8-10)16-9-11(2)14(3,4)5/h6-8,11,16H,9,15H2,1-5H3. The molecule has 0 aliphatic carbocycles. The maximum Gasteiger partial charge on any atom is 0.0574 e. The van der Waals surface area contributed by atoms with E-state index in [1.807, 2.05) is 6.07 Å². The number of hydrogen-bond acceptors (Lipinski definition) is 2. The molecule has 0 fully saturated rings. The first-order valence-corrected chi connectivity index (χ1v) is 5.90. The van der Waals surface area contributed by atoms with E-state index in [1.165, 1.54) is 5.56 Å². The highest BCUT2D eigenvalue weighted by Gasteiger charge is 2.19. The summed E-state index contributed by atoms with van der Waals surface area (Å²) in [5, 5.41) is 3.42. The molecule has 16 heavy (non-hydrogen) atoms. The summed E-state index contributed by atoms with van der Waals surface area (Å²) in [6.07, 6.45) is 0. The van der Waals surface area contributed by atoms with E-state index in [9.17, 15) is 0 Å². The van der Waals surface area contributed by atoms with Crippen molar-refractivity contribution >= 4 is 11.4 Å². The molecule has 0 saturated carbocycles. The third-order valence-corrected chi connectivity index (χ3v) is 3.28. The van der Waals surface area contributed by atoms with Crippen LogP contribution in [-0.2, 0) is 0 Å². The van der Waals surface area contributed by atoms with E-state index < -0.39 is 0 Å². The van der Waals surface area contributed by atoms with Crippen molar-refractivity contribution in [3.05, 3.63) is 23.8 Å².